The Bertz CT molecular complexity index is 232. The Morgan fingerprint density at radius 2 is 2.06 bits per heavy atom. The molecule has 1 rings (SSSR count). The van der Waals surface area contributed by atoms with Gasteiger partial charge in [0, 0.05) is 19.7 Å². The first-order chi connectivity index (χ1) is 7.69. The van der Waals surface area contributed by atoms with Crippen LogP contribution in [-0.4, -0.2) is 49.1 Å². The summed E-state index contributed by atoms with van der Waals surface area (Å²) in [6.45, 7) is 5.89. The summed E-state index contributed by atoms with van der Waals surface area (Å²) < 4.78 is 5.22. The molecule has 0 spiro atoms. The zero-order valence-corrected chi connectivity index (χ0v) is 9.99. The van der Waals surface area contributed by atoms with Gasteiger partial charge in [0.1, 0.15) is 6.10 Å². The van der Waals surface area contributed by atoms with E-state index in [4.69, 9.17) is 4.74 Å². The van der Waals surface area contributed by atoms with Crippen LogP contribution in [0.3, 0.4) is 0 Å². The molecular formula is C11H20N2O3. The van der Waals surface area contributed by atoms with Crippen LogP contribution in [0.15, 0.2) is 0 Å². The van der Waals surface area contributed by atoms with E-state index in [2.05, 4.69) is 5.32 Å². The lowest BCUT2D eigenvalue weighted by atomic mass is 10.2. The Balaban J connectivity index is 2.27. The van der Waals surface area contributed by atoms with Crippen molar-refractivity contribution in [1.29, 1.82) is 0 Å². The molecule has 1 aliphatic heterocycles. The summed E-state index contributed by atoms with van der Waals surface area (Å²) in [5.41, 5.74) is 0. The third-order valence-corrected chi connectivity index (χ3v) is 2.75. The van der Waals surface area contributed by atoms with Crippen LogP contribution < -0.4 is 5.32 Å². The van der Waals surface area contributed by atoms with Gasteiger partial charge in [-0.2, -0.15) is 0 Å². The van der Waals surface area contributed by atoms with Gasteiger partial charge >= 0.3 is 0 Å². The highest BCUT2D eigenvalue weighted by atomic mass is 16.5. The first-order valence-corrected chi connectivity index (χ1v) is 5.86. The van der Waals surface area contributed by atoms with E-state index in [1.54, 1.807) is 4.90 Å². The predicted octanol–water partition coefficient (Wildman–Crippen LogP) is 0.150. The lowest BCUT2D eigenvalue weighted by Gasteiger charge is -2.19. The zero-order chi connectivity index (χ0) is 12.0. The molecule has 0 aromatic heterocycles. The third kappa shape index (κ3) is 3.48. The van der Waals surface area contributed by atoms with E-state index >= 15 is 0 Å². The summed E-state index contributed by atoms with van der Waals surface area (Å²) in [6, 6.07) is 0. The molecule has 0 radical (unpaired) electrons. The fourth-order valence-electron chi connectivity index (χ4n) is 1.75. The van der Waals surface area contributed by atoms with Gasteiger partial charge in [-0.3, -0.25) is 9.59 Å². The fraction of sp³-hybridized carbons (Fsp3) is 0.818. The minimum absolute atomic E-state index is 0.0450. The lowest BCUT2D eigenvalue weighted by Crippen LogP contribution is -2.43. The second-order valence-corrected chi connectivity index (χ2v) is 3.79. The quantitative estimate of drug-likeness (QED) is 0.728. The van der Waals surface area contributed by atoms with Crippen LogP contribution in [0.5, 0.6) is 0 Å². The molecule has 0 saturated carbocycles. The summed E-state index contributed by atoms with van der Waals surface area (Å²) in [5, 5.41) is 2.62. The number of nitrogens with one attached hydrogen (secondary N) is 1. The molecule has 1 saturated heterocycles. The number of rotatable bonds is 5. The van der Waals surface area contributed by atoms with Crippen LogP contribution in [0.25, 0.3) is 0 Å². The van der Waals surface area contributed by atoms with E-state index < -0.39 is 0 Å². The van der Waals surface area contributed by atoms with Gasteiger partial charge in [-0.1, -0.05) is 0 Å². The maximum absolute atomic E-state index is 11.6. The molecule has 5 nitrogen and oxygen atoms in total. The smallest absolute Gasteiger partial charge is 0.249 e. The van der Waals surface area contributed by atoms with Crippen LogP contribution in [-0.2, 0) is 14.3 Å². The number of nitrogens with zero attached hydrogens (tertiary/aromatic N) is 1. The van der Waals surface area contributed by atoms with Crippen LogP contribution in [0, 0.1) is 0 Å². The number of likely N-dealkylation sites (N-methyl/N-ethyl adjacent to an activating group) is 1. The van der Waals surface area contributed by atoms with Gasteiger partial charge in [-0.25, -0.2) is 0 Å². The van der Waals surface area contributed by atoms with Gasteiger partial charge in [0.15, 0.2) is 0 Å². The van der Waals surface area contributed by atoms with E-state index in [1.807, 2.05) is 13.8 Å². The summed E-state index contributed by atoms with van der Waals surface area (Å²) in [6.07, 6.45) is 1.32. The van der Waals surface area contributed by atoms with Crippen molar-refractivity contribution in [2.24, 2.45) is 0 Å². The van der Waals surface area contributed by atoms with Crippen LogP contribution >= 0.6 is 0 Å². The SMILES string of the molecule is CCN(CC)C(=O)CNC(=O)C1CCCO1. The van der Waals surface area contributed by atoms with Crippen molar-refractivity contribution in [2.45, 2.75) is 32.8 Å². The highest BCUT2D eigenvalue weighted by Crippen LogP contribution is 2.11. The number of hydrogen-bond acceptors (Lipinski definition) is 3. The van der Waals surface area contributed by atoms with Gasteiger partial charge in [0.25, 0.3) is 0 Å². The molecule has 2 amide bonds. The molecule has 1 fully saturated rings. The van der Waals surface area contributed by atoms with Crippen molar-refractivity contribution in [1.82, 2.24) is 10.2 Å². The van der Waals surface area contributed by atoms with E-state index in [9.17, 15) is 9.59 Å². The lowest BCUT2D eigenvalue weighted by molar-refractivity contribution is -0.135. The van der Waals surface area contributed by atoms with Gasteiger partial charge in [0.05, 0.1) is 6.54 Å². The molecule has 1 atom stereocenters. The molecule has 1 N–H and O–H groups in total. The van der Waals surface area contributed by atoms with Gasteiger partial charge in [0.2, 0.25) is 11.8 Å². The molecule has 0 aromatic carbocycles. The Labute approximate surface area is 96.1 Å². The number of hydrogen-bond donors (Lipinski definition) is 1. The van der Waals surface area contributed by atoms with Gasteiger partial charge < -0.3 is 15.0 Å². The van der Waals surface area contributed by atoms with Crippen molar-refractivity contribution < 1.29 is 14.3 Å². The Morgan fingerprint density at radius 3 is 2.56 bits per heavy atom. The standard InChI is InChI=1S/C11H20N2O3/c1-3-13(4-2)10(14)8-12-11(15)9-6-5-7-16-9/h9H,3-8H2,1-2H3,(H,12,15). The highest BCUT2D eigenvalue weighted by molar-refractivity contribution is 5.87. The van der Waals surface area contributed by atoms with Crippen molar-refractivity contribution in [2.75, 3.05) is 26.2 Å². The molecule has 92 valence electrons. The molecule has 1 unspecified atom stereocenters. The fourth-order valence-corrected chi connectivity index (χ4v) is 1.75. The Morgan fingerprint density at radius 1 is 1.38 bits per heavy atom. The second-order valence-electron chi connectivity index (χ2n) is 3.79. The molecule has 16 heavy (non-hydrogen) atoms. The van der Waals surface area contributed by atoms with Crippen LogP contribution in [0.2, 0.25) is 0 Å². The average molecular weight is 228 g/mol. The number of amides is 2. The normalized spacial score (nSPS) is 19.5. The maximum Gasteiger partial charge on any atom is 0.249 e. The third-order valence-electron chi connectivity index (χ3n) is 2.75. The largest absolute Gasteiger partial charge is 0.368 e. The predicted molar refractivity (Wildman–Crippen MR) is 59.9 cm³/mol. The summed E-state index contributed by atoms with van der Waals surface area (Å²) in [5.74, 6) is -0.214. The Hall–Kier alpha value is -1.10. The molecule has 1 heterocycles. The zero-order valence-electron chi connectivity index (χ0n) is 9.99. The molecule has 1 aliphatic rings. The second kappa shape index (κ2) is 6.48. The first-order valence-electron chi connectivity index (χ1n) is 5.86. The number of carbonyl (C=O) groups excluding carboxylic acids is 2. The number of ether oxygens (including phenoxy) is 1. The van der Waals surface area contributed by atoms with E-state index in [0.717, 1.165) is 12.8 Å². The van der Waals surface area contributed by atoms with Crippen molar-refractivity contribution in [3.8, 4) is 0 Å². The maximum atomic E-state index is 11.6. The Kier molecular flexibility index (Phi) is 5.25. The van der Waals surface area contributed by atoms with E-state index in [1.165, 1.54) is 0 Å². The number of carbonyl (C=O) groups is 2. The minimum atomic E-state index is -0.357. The highest BCUT2D eigenvalue weighted by Gasteiger charge is 2.24. The van der Waals surface area contributed by atoms with Crippen LogP contribution in [0.4, 0.5) is 0 Å². The topological polar surface area (TPSA) is 58.6 Å². The van der Waals surface area contributed by atoms with Gasteiger partial charge in [-0.05, 0) is 26.7 Å². The molecule has 0 aromatic rings. The van der Waals surface area contributed by atoms with Crippen molar-refractivity contribution in [3.63, 3.8) is 0 Å². The first kappa shape index (κ1) is 13.0. The van der Waals surface area contributed by atoms with Crippen molar-refractivity contribution >= 4 is 11.8 Å². The molecule has 0 bridgehead atoms. The van der Waals surface area contributed by atoms with Crippen molar-refractivity contribution in [3.05, 3.63) is 0 Å². The van der Waals surface area contributed by atoms with E-state index in [0.29, 0.717) is 19.7 Å². The molecular weight excluding hydrogens is 208 g/mol. The summed E-state index contributed by atoms with van der Waals surface area (Å²) in [4.78, 5) is 24.8. The average Bonchev–Trinajstić information content (AvgIpc) is 2.81. The van der Waals surface area contributed by atoms with Crippen LogP contribution in [0.1, 0.15) is 26.7 Å². The minimum Gasteiger partial charge on any atom is -0.368 e. The van der Waals surface area contributed by atoms with E-state index in [-0.39, 0.29) is 24.5 Å². The molecule has 0 aliphatic carbocycles. The summed E-state index contributed by atoms with van der Waals surface area (Å²) >= 11 is 0. The molecule has 5 heteroatoms. The van der Waals surface area contributed by atoms with Gasteiger partial charge in [-0.15, -0.1) is 0 Å². The summed E-state index contributed by atoms with van der Waals surface area (Å²) in [7, 11) is 0. The monoisotopic (exact) mass is 228 g/mol.